The monoisotopic (exact) mass is 576 g/mol. The van der Waals surface area contributed by atoms with Crippen LogP contribution in [0.4, 0.5) is 0 Å². The maximum absolute atomic E-state index is 9.06. The number of aliphatic hydroxyl groups is 2. The van der Waals surface area contributed by atoms with Crippen LogP contribution in [0.3, 0.4) is 0 Å². The van der Waals surface area contributed by atoms with E-state index in [0.29, 0.717) is 26.4 Å². The van der Waals surface area contributed by atoms with Gasteiger partial charge in [0.2, 0.25) is 0 Å². The molecule has 41 heavy (non-hydrogen) atoms. The molecule has 0 aliphatic rings. The van der Waals surface area contributed by atoms with Crippen molar-refractivity contribution < 1.29 is 38.6 Å². The largest absolute Gasteiger partial charge is 0.488 e. The smallest absolute Gasteiger partial charge is 0.119 e. The van der Waals surface area contributed by atoms with E-state index < -0.39 is 0 Å². The number of benzene rings is 2. The quantitative estimate of drug-likeness (QED) is 0.223. The van der Waals surface area contributed by atoms with Crippen LogP contribution in [-0.2, 0) is 24.4 Å². The minimum absolute atomic E-state index is 0.00212. The van der Waals surface area contributed by atoms with Gasteiger partial charge >= 0.3 is 0 Å². The van der Waals surface area contributed by atoms with Gasteiger partial charge in [-0.1, -0.05) is 38.1 Å². The summed E-state index contributed by atoms with van der Waals surface area (Å²) < 4.78 is 34.8. The highest BCUT2D eigenvalue weighted by molar-refractivity contribution is 5.41. The maximum atomic E-state index is 9.06. The molecule has 0 bridgehead atoms. The second-order valence-corrected chi connectivity index (χ2v) is 11.5. The molecule has 0 fully saturated rings. The Hall–Kier alpha value is -2.20. The second kappa shape index (κ2) is 17.7. The van der Waals surface area contributed by atoms with E-state index in [1.54, 1.807) is 0 Å². The van der Waals surface area contributed by atoms with Crippen LogP contribution in [0.2, 0.25) is 0 Å². The topological polar surface area (TPSA) is 95.8 Å². The van der Waals surface area contributed by atoms with Gasteiger partial charge in [-0.2, -0.15) is 0 Å². The van der Waals surface area contributed by atoms with Gasteiger partial charge in [0.25, 0.3) is 0 Å². The van der Waals surface area contributed by atoms with Crippen molar-refractivity contribution >= 4 is 0 Å². The maximum Gasteiger partial charge on any atom is 0.119 e. The Bertz CT molecular complexity index is 885. The highest BCUT2D eigenvalue weighted by atomic mass is 16.6. The third-order valence-electron chi connectivity index (χ3n) is 6.80. The third kappa shape index (κ3) is 12.7. The summed E-state index contributed by atoms with van der Waals surface area (Å²) in [6, 6.07) is 16.4. The predicted octanol–water partition coefficient (Wildman–Crippen LogP) is 5.15. The average Bonchev–Trinajstić information content (AvgIpc) is 2.96. The SMILES string of the molecule is CC(CO)OCC(C)OCC(C)Oc1ccc(C(C)(C)c2ccc(OC(C)COC(C)COC(C)CO)cc2)cc1. The fourth-order valence-electron chi connectivity index (χ4n) is 4.00. The molecule has 0 aliphatic heterocycles. The molecule has 2 aromatic rings. The Labute approximate surface area is 246 Å². The number of ether oxygens (including phenoxy) is 6. The molecule has 2 rings (SSSR count). The summed E-state index contributed by atoms with van der Waals surface area (Å²) in [6.45, 7) is 17.7. The number of hydrogen-bond acceptors (Lipinski definition) is 8. The van der Waals surface area contributed by atoms with Gasteiger partial charge in [0.05, 0.1) is 64.1 Å². The molecule has 0 saturated carbocycles. The normalized spacial score (nSPS) is 16.4. The zero-order chi connectivity index (χ0) is 30.4. The van der Waals surface area contributed by atoms with Gasteiger partial charge in [0.15, 0.2) is 0 Å². The van der Waals surface area contributed by atoms with E-state index in [9.17, 15) is 0 Å². The molecule has 0 spiro atoms. The Morgan fingerprint density at radius 3 is 1.10 bits per heavy atom. The lowest BCUT2D eigenvalue weighted by molar-refractivity contribution is -0.0590. The molecule has 0 radical (unpaired) electrons. The molecular weight excluding hydrogens is 524 g/mol. The molecule has 0 saturated heterocycles. The average molecular weight is 577 g/mol. The minimum Gasteiger partial charge on any atom is -0.488 e. The highest BCUT2D eigenvalue weighted by Crippen LogP contribution is 2.33. The minimum atomic E-state index is -0.206. The first-order valence-electron chi connectivity index (χ1n) is 14.7. The molecule has 0 aliphatic carbocycles. The van der Waals surface area contributed by atoms with Crippen molar-refractivity contribution in [3.05, 3.63) is 59.7 Å². The van der Waals surface area contributed by atoms with Crippen LogP contribution < -0.4 is 9.47 Å². The Morgan fingerprint density at radius 1 is 0.488 bits per heavy atom. The summed E-state index contributed by atoms with van der Waals surface area (Å²) in [5.41, 5.74) is 2.15. The predicted molar refractivity (Wildman–Crippen MR) is 161 cm³/mol. The van der Waals surface area contributed by atoms with Gasteiger partial charge in [0, 0.05) is 5.41 Å². The second-order valence-electron chi connectivity index (χ2n) is 11.5. The van der Waals surface area contributed by atoms with Crippen LogP contribution in [0.15, 0.2) is 48.5 Å². The first-order chi connectivity index (χ1) is 19.4. The van der Waals surface area contributed by atoms with Crippen LogP contribution >= 0.6 is 0 Å². The standard InChI is InChI=1S/C33H52O8/c1-23(17-34)36-19-25(3)38-21-27(5)40-31-13-9-29(10-14-31)33(7,8)30-11-15-32(16-12-30)41-28(6)22-39-26(4)20-37-24(2)18-35/h9-16,23-28,34-35H,17-22H2,1-8H3. The lowest BCUT2D eigenvalue weighted by Gasteiger charge is -2.27. The van der Waals surface area contributed by atoms with Crippen LogP contribution in [-0.4, -0.2) is 86.5 Å². The summed E-state index contributed by atoms with van der Waals surface area (Å²) in [7, 11) is 0. The van der Waals surface area contributed by atoms with E-state index in [0.717, 1.165) is 11.5 Å². The van der Waals surface area contributed by atoms with Gasteiger partial charge in [-0.3, -0.25) is 0 Å². The van der Waals surface area contributed by atoms with Crippen molar-refractivity contribution in [3.63, 3.8) is 0 Å². The molecule has 0 heterocycles. The molecule has 2 N–H and O–H groups in total. The molecular formula is C33H52O8. The van der Waals surface area contributed by atoms with E-state index in [4.69, 9.17) is 38.6 Å². The van der Waals surface area contributed by atoms with Crippen molar-refractivity contribution in [3.8, 4) is 11.5 Å². The number of hydrogen-bond donors (Lipinski definition) is 2. The molecule has 8 nitrogen and oxygen atoms in total. The van der Waals surface area contributed by atoms with Crippen molar-refractivity contribution in [2.75, 3.05) is 39.6 Å². The summed E-state index contributed by atoms with van der Waals surface area (Å²) in [4.78, 5) is 0. The van der Waals surface area contributed by atoms with E-state index in [2.05, 4.69) is 38.1 Å². The molecule has 8 heteroatoms. The van der Waals surface area contributed by atoms with E-state index in [1.807, 2.05) is 65.8 Å². The molecule has 2 aromatic carbocycles. The number of aliphatic hydroxyl groups excluding tert-OH is 2. The van der Waals surface area contributed by atoms with E-state index in [1.165, 1.54) is 11.1 Å². The van der Waals surface area contributed by atoms with Crippen LogP contribution in [0.25, 0.3) is 0 Å². The fourth-order valence-corrected chi connectivity index (χ4v) is 4.00. The van der Waals surface area contributed by atoms with E-state index >= 15 is 0 Å². The molecule has 232 valence electrons. The summed E-state index contributed by atoms with van der Waals surface area (Å²) >= 11 is 0. The van der Waals surface area contributed by atoms with Crippen molar-refractivity contribution in [1.29, 1.82) is 0 Å². The summed E-state index contributed by atoms with van der Waals surface area (Å²) in [6.07, 6.45) is -0.775. The van der Waals surface area contributed by atoms with Crippen LogP contribution in [0.5, 0.6) is 11.5 Å². The first kappa shape index (κ1) is 35.0. The van der Waals surface area contributed by atoms with Gasteiger partial charge in [-0.15, -0.1) is 0 Å². The molecule has 0 aromatic heterocycles. The Balaban J connectivity index is 1.83. The summed E-state index contributed by atoms with van der Waals surface area (Å²) in [5, 5.41) is 18.1. The van der Waals surface area contributed by atoms with Gasteiger partial charge in [-0.05, 0) is 76.9 Å². The van der Waals surface area contributed by atoms with Crippen molar-refractivity contribution in [2.45, 2.75) is 97.4 Å². The first-order valence-corrected chi connectivity index (χ1v) is 14.7. The zero-order valence-electron chi connectivity index (χ0n) is 26.2. The molecule has 6 atom stereocenters. The Morgan fingerprint density at radius 2 is 0.780 bits per heavy atom. The zero-order valence-corrected chi connectivity index (χ0v) is 26.2. The highest BCUT2D eigenvalue weighted by Gasteiger charge is 2.23. The fraction of sp³-hybridized carbons (Fsp3) is 0.636. The summed E-state index contributed by atoms with van der Waals surface area (Å²) in [5.74, 6) is 1.59. The lowest BCUT2D eigenvalue weighted by Crippen LogP contribution is -2.27. The van der Waals surface area contributed by atoms with Gasteiger partial charge in [-0.25, -0.2) is 0 Å². The van der Waals surface area contributed by atoms with Crippen LogP contribution in [0.1, 0.15) is 66.5 Å². The van der Waals surface area contributed by atoms with E-state index in [-0.39, 0.29) is 55.3 Å². The van der Waals surface area contributed by atoms with Crippen LogP contribution in [0, 0.1) is 0 Å². The van der Waals surface area contributed by atoms with Gasteiger partial charge < -0.3 is 38.6 Å². The van der Waals surface area contributed by atoms with Gasteiger partial charge in [0.1, 0.15) is 23.7 Å². The Kier molecular flexibility index (Phi) is 15.1. The lowest BCUT2D eigenvalue weighted by atomic mass is 9.78. The van der Waals surface area contributed by atoms with Crippen molar-refractivity contribution in [1.82, 2.24) is 0 Å². The van der Waals surface area contributed by atoms with Crippen molar-refractivity contribution in [2.24, 2.45) is 0 Å². The molecule has 0 amide bonds. The third-order valence-corrected chi connectivity index (χ3v) is 6.80. The number of rotatable bonds is 20. The molecule has 6 unspecified atom stereocenters.